The molecule has 0 saturated carbocycles. The highest BCUT2D eigenvalue weighted by molar-refractivity contribution is 7.80. The second-order valence-corrected chi connectivity index (χ2v) is 7.48. The van der Waals surface area contributed by atoms with Crippen LogP contribution in [0.15, 0.2) is 0 Å². The van der Waals surface area contributed by atoms with Crippen molar-refractivity contribution in [3.8, 4) is 0 Å². The van der Waals surface area contributed by atoms with Gasteiger partial charge in [0.2, 0.25) is 17.7 Å². The van der Waals surface area contributed by atoms with Gasteiger partial charge in [0.05, 0.1) is 6.04 Å². The molecular formula is C16H26N4O5S2. The third kappa shape index (κ3) is 4.88. The SMILES string of the molecule is NC(CS)C(=O)NC(CS)C(=O)N1CCCC1C(=O)N1CCCC1C(=O)O. The van der Waals surface area contributed by atoms with Gasteiger partial charge in [-0.15, -0.1) is 0 Å². The molecule has 2 fully saturated rings. The molecule has 4 unspecified atom stereocenters. The Morgan fingerprint density at radius 3 is 2.19 bits per heavy atom. The summed E-state index contributed by atoms with van der Waals surface area (Å²) < 4.78 is 0. The molecule has 2 aliphatic heterocycles. The topological polar surface area (TPSA) is 133 Å². The van der Waals surface area contributed by atoms with E-state index in [4.69, 9.17) is 5.73 Å². The maximum absolute atomic E-state index is 12.9. The van der Waals surface area contributed by atoms with Gasteiger partial charge in [0.15, 0.2) is 0 Å². The number of rotatable bonds is 7. The van der Waals surface area contributed by atoms with Crippen molar-refractivity contribution < 1.29 is 24.3 Å². The predicted molar refractivity (Wildman–Crippen MR) is 105 cm³/mol. The molecule has 2 saturated heterocycles. The van der Waals surface area contributed by atoms with Crippen molar-refractivity contribution in [1.82, 2.24) is 15.1 Å². The van der Waals surface area contributed by atoms with Crippen molar-refractivity contribution >= 4 is 48.9 Å². The largest absolute Gasteiger partial charge is 0.480 e. The first-order valence-corrected chi connectivity index (χ1v) is 10.2. The van der Waals surface area contributed by atoms with Gasteiger partial charge in [0.1, 0.15) is 18.1 Å². The Morgan fingerprint density at radius 2 is 1.63 bits per heavy atom. The zero-order chi connectivity index (χ0) is 20.1. The molecular weight excluding hydrogens is 392 g/mol. The minimum atomic E-state index is -1.03. The number of carboxylic acids is 1. The summed E-state index contributed by atoms with van der Waals surface area (Å²) in [5.41, 5.74) is 5.62. The lowest BCUT2D eigenvalue weighted by atomic mass is 10.1. The van der Waals surface area contributed by atoms with Crippen molar-refractivity contribution in [3.05, 3.63) is 0 Å². The van der Waals surface area contributed by atoms with E-state index in [1.54, 1.807) is 0 Å². The summed E-state index contributed by atoms with van der Waals surface area (Å²) in [7, 11) is 0. The average molecular weight is 419 g/mol. The number of carbonyl (C=O) groups excluding carboxylic acids is 3. The predicted octanol–water partition coefficient (Wildman–Crippen LogP) is -1.28. The van der Waals surface area contributed by atoms with Gasteiger partial charge in [0.25, 0.3) is 0 Å². The van der Waals surface area contributed by atoms with Crippen molar-refractivity contribution in [2.75, 3.05) is 24.6 Å². The van der Waals surface area contributed by atoms with E-state index in [-0.39, 0.29) is 17.4 Å². The number of carbonyl (C=O) groups is 4. The van der Waals surface area contributed by atoms with Gasteiger partial charge >= 0.3 is 5.97 Å². The van der Waals surface area contributed by atoms with Gasteiger partial charge in [-0.25, -0.2) is 4.79 Å². The maximum Gasteiger partial charge on any atom is 0.326 e. The first-order valence-electron chi connectivity index (χ1n) is 8.93. The van der Waals surface area contributed by atoms with Crippen LogP contribution in [0.1, 0.15) is 25.7 Å². The molecule has 0 aromatic rings. The van der Waals surface area contributed by atoms with E-state index in [1.165, 1.54) is 9.80 Å². The lowest BCUT2D eigenvalue weighted by Crippen LogP contribution is -2.57. The number of nitrogens with zero attached hydrogens (tertiary/aromatic N) is 2. The average Bonchev–Trinajstić information content (AvgIpc) is 3.33. The highest BCUT2D eigenvalue weighted by Gasteiger charge is 2.43. The van der Waals surface area contributed by atoms with E-state index in [2.05, 4.69) is 30.6 Å². The van der Waals surface area contributed by atoms with E-state index in [9.17, 15) is 24.3 Å². The quantitative estimate of drug-likeness (QED) is 0.327. The number of nitrogens with two attached hydrogens (primary N) is 1. The summed E-state index contributed by atoms with van der Waals surface area (Å²) in [6, 6.07) is -3.31. The smallest absolute Gasteiger partial charge is 0.326 e. The molecule has 0 radical (unpaired) electrons. The summed E-state index contributed by atoms with van der Waals surface area (Å²) in [6.07, 6.45) is 2.15. The third-order valence-corrected chi connectivity index (χ3v) is 5.73. The number of carboxylic acid groups (broad SMARTS) is 1. The molecule has 2 rings (SSSR count). The molecule has 0 aromatic carbocycles. The molecule has 0 spiro atoms. The fourth-order valence-corrected chi connectivity index (χ4v) is 3.93. The fourth-order valence-electron chi connectivity index (χ4n) is 3.51. The normalized spacial score (nSPS) is 24.6. The monoisotopic (exact) mass is 418 g/mol. The number of hydrogen-bond donors (Lipinski definition) is 5. The molecule has 27 heavy (non-hydrogen) atoms. The highest BCUT2D eigenvalue weighted by atomic mass is 32.1. The minimum absolute atomic E-state index is 0.0583. The molecule has 4 N–H and O–H groups in total. The van der Waals surface area contributed by atoms with Crippen LogP contribution in [0, 0.1) is 0 Å². The van der Waals surface area contributed by atoms with Crippen molar-refractivity contribution in [2.45, 2.75) is 49.9 Å². The molecule has 4 atom stereocenters. The van der Waals surface area contributed by atoms with Crippen LogP contribution in [0.5, 0.6) is 0 Å². The molecule has 2 heterocycles. The first kappa shape index (κ1) is 21.8. The van der Waals surface area contributed by atoms with Gasteiger partial charge in [-0.1, -0.05) is 0 Å². The lowest BCUT2D eigenvalue weighted by Gasteiger charge is -2.32. The van der Waals surface area contributed by atoms with E-state index in [1.807, 2.05) is 0 Å². The van der Waals surface area contributed by atoms with Gasteiger partial charge in [-0.2, -0.15) is 25.3 Å². The van der Waals surface area contributed by atoms with Crippen LogP contribution < -0.4 is 11.1 Å². The lowest BCUT2D eigenvalue weighted by molar-refractivity contribution is -0.152. The maximum atomic E-state index is 12.9. The highest BCUT2D eigenvalue weighted by Crippen LogP contribution is 2.25. The van der Waals surface area contributed by atoms with Gasteiger partial charge < -0.3 is 26.0 Å². The number of aliphatic carboxylic acids is 1. The summed E-state index contributed by atoms with van der Waals surface area (Å²) in [5.74, 6) is -2.10. The third-order valence-electron chi connectivity index (χ3n) is 4.97. The Bertz CT molecular complexity index is 605. The van der Waals surface area contributed by atoms with Crippen LogP contribution in [-0.4, -0.2) is 87.4 Å². The number of nitrogens with one attached hydrogen (secondary N) is 1. The molecule has 0 aliphatic carbocycles. The second-order valence-electron chi connectivity index (χ2n) is 6.75. The van der Waals surface area contributed by atoms with Crippen LogP contribution in [0.2, 0.25) is 0 Å². The molecule has 2 aliphatic rings. The van der Waals surface area contributed by atoms with Crippen LogP contribution in [0.3, 0.4) is 0 Å². The Balaban J connectivity index is 2.09. The number of thiol groups is 2. The molecule has 11 heteroatoms. The second kappa shape index (κ2) is 9.65. The van der Waals surface area contributed by atoms with Crippen LogP contribution in [-0.2, 0) is 19.2 Å². The van der Waals surface area contributed by atoms with Crippen LogP contribution >= 0.6 is 25.3 Å². The van der Waals surface area contributed by atoms with E-state index < -0.39 is 42.0 Å². The fraction of sp³-hybridized carbons (Fsp3) is 0.750. The number of amides is 3. The standard InChI is InChI=1S/C16H26N4O5S2/c17-9(7-26)13(21)18-10(8-27)14(22)19-5-1-3-11(19)15(23)20-6-2-4-12(20)16(24)25/h9-12,26-27H,1-8,17H2,(H,18,21)(H,24,25). The summed E-state index contributed by atoms with van der Waals surface area (Å²) in [5, 5.41) is 11.9. The van der Waals surface area contributed by atoms with Gasteiger partial charge in [0, 0.05) is 24.6 Å². The van der Waals surface area contributed by atoms with Gasteiger partial charge in [-0.05, 0) is 25.7 Å². The van der Waals surface area contributed by atoms with E-state index in [0.717, 1.165) is 0 Å². The molecule has 0 aromatic heterocycles. The zero-order valence-corrected chi connectivity index (χ0v) is 16.7. The Labute approximate surface area is 168 Å². The number of hydrogen-bond acceptors (Lipinski definition) is 7. The number of likely N-dealkylation sites (tertiary alicyclic amines) is 2. The zero-order valence-electron chi connectivity index (χ0n) is 14.9. The molecule has 3 amide bonds. The van der Waals surface area contributed by atoms with Crippen molar-refractivity contribution in [2.24, 2.45) is 5.73 Å². The Hall–Kier alpha value is -1.46. The van der Waals surface area contributed by atoms with Crippen molar-refractivity contribution in [3.63, 3.8) is 0 Å². The van der Waals surface area contributed by atoms with E-state index in [0.29, 0.717) is 38.8 Å². The summed E-state index contributed by atoms with van der Waals surface area (Å²) in [6.45, 7) is 0.747. The molecule has 152 valence electrons. The van der Waals surface area contributed by atoms with Crippen molar-refractivity contribution in [1.29, 1.82) is 0 Å². The first-order chi connectivity index (χ1) is 12.8. The van der Waals surface area contributed by atoms with Crippen LogP contribution in [0.25, 0.3) is 0 Å². The van der Waals surface area contributed by atoms with Crippen LogP contribution in [0.4, 0.5) is 0 Å². The summed E-state index contributed by atoms with van der Waals surface area (Å²) >= 11 is 8.10. The van der Waals surface area contributed by atoms with E-state index >= 15 is 0 Å². The Morgan fingerprint density at radius 1 is 1.04 bits per heavy atom. The molecule has 0 bridgehead atoms. The molecule has 9 nitrogen and oxygen atoms in total. The summed E-state index contributed by atoms with van der Waals surface area (Å²) in [4.78, 5) is 51.9. The minimum Gasteiger partial charge on any atom is -0.480 e. The Kier molecular flexibility index (Phi) is 7.80. The van der Waals surface area contributed by atoms with Gasteiger partial charge in [-0.3, -0.25) is 14.4 Å².